The Balaban J connectivity index is 2.06. The number of amides is 1. The normalized spacial score (nSPS) is 10.7. The lowest BCUT2D eigenvalue weighted by atomic mass is 10.1. The first-order valence-corrected chi connectivity index (χ1v) is 8.87. The molecule has 6 heteroatoms. The highest BCUT2D eigenvalue weighted by atomic mass is 35.5. The maximum absolute atomic E-state index is 13.0. The van der Waals surface area contributed by atoms with Crippen LogP contribution in [0.25, 0.3) is 5.69 Å². The van der Waals surface area contributed by atoms with Gasteiger partial charge in [0.25, 0.3) is 5.91 Å². The largest absolute Gasteiger partial charge is 0.352 e. The molecular weight excluding hydrogens is 362 g/mol. The van der Waals surface area contributed by atoms with Crippen molar-refractivity contribution in [3.05, 3.63) is 86.6 Å². The lowest BCUT2D eigenvalue weighted by Gasteiger charge is -2.19. The van der Waals surface area contributed by atoms with Crippen molar-refractivity contribution >= 4 is 23.2 Å². The van der Waals surface area contributed by atoms with E-state index in [4.69, 9.17) is 11.6 Å². The number of carbonyl (C=O) groups excluding carboxylic acids is 1. The third-order valence-corrected chi connectivity index (χ3v) is 4.68. The van der Waals surface area contributed by atoms with Gasteiger partial charge in [0.1, 0.15) is 0 Å². The molecule has 0 radical (unpaired) electrons. The predicted molar refractivity (Wildman–Crippen MR) is 108 cm³/mol. The monoisotopic (exact) mass is 381 g/mol. The Kier molecular flexibility index (Phi) is 5.15. The van der Waals surface area contributed by atoms with Gasteiger partial charge in [0, 0.05) is 29.7 Å². The maximum atomic E-state index is 13.0. The average molecular weight is 382 g/mol. The van der Waals surface area contributed by atoms with Gasteiger partial charge in [-0.2, -0.15) is 4.98 Å². The van der Waals surface area contributed by atoms with Crippen molar-refractivity contribution in [3.8, 4) is 5.69 Å². The number of nitrogens with zero attached hydrogens (tertiary/aromatic N) is 3. The van der Waals surface area contributed by atoms with Gasteiger partial charge in [0.15, 0.2) is 0 Å². The van der Waals surface area contributed by atoms with E-state index in [-0.39, 0.29) is 5.91 Å². The number of aromatic nitrogens is 2. The molecule has 5 nitrogen and oxygen atoms in total. The van der Waals surface area contributed by atoms with Gasteiger partial charge < -0.3 is 4.90 Å². The average Bonchev–Trinajstić information content (AvgIpc) is 2.61. The van der Waals surface area contributed by atoms with Gasteiger partial charge in [-0.3, -0.25) is 9.36 Å². The first kappa shape index (κ1) is 18.9. The van der Waals surface area contributed by atoms with Crippen molar-refractivity contribution in [1.82, 2.24) is 9.55 Å². The maximum Gasteiger partial charge on any atom is 0.352 e. The minimum Gasteiger partial charge on any atom is -0.311 e. The lowest BCUT2D eigenvalue weighted by Crippen LogP contribution is -2.27. The molecule has 0 unspecified atom stereocenters. The summed E-state index contributed by atoms with van der Waals surface area (Å²) in [5.74, 6) is -0.190. The predicted octanol–water partition coefficient (Wildman–Crippen LogP) is 4.09. The van der Waals surface area contributed by atoms with Crippen molar-refractivity contribution < 1.29 is 4.79 Å². The second kappa shape index (κ2) is 7.37. The van der Waals surface area contributed by atoms with Crippen LogP contribution in [0.5, 0.6) is 0 Å². The molecule has 1 heterocycles. The van der Waals surface area contributed by atoms with Crippen molar-refractivity contribution in [1.29, 1.82) is 0 Å². The second-order valence-corrected chi connectivity index (χ2v) is 6.93. The van der Waals surface area contributed by atoms with Gasteiger partial charge in [-0.05, 0) is 62.7 Å². The fourth-order valence-electron chi connectivity index (χ4n) is 3.01. The Morgan fingerprint density at radius 3 is 2.48 bits per heavy atom. The number of aryl methyl sites for hydroxylation is 3. The highest BCUT2D eigenvalue weighted by Gasteiger charge is 2.17. The van der Waals surface area contributed by atoms with Crippen molar-refractivity contribution in [2.45, 2.75) is 20.8 Å². The molecule has 3 aromatic rings. The van der Waals surface area contributed by atoms with Gasteiger partial charge in [-0.1, -0.05) is 23.7 Å². The molecule has 0 atom stereocenters. The molecule has 0 aliphatic carbocycles. The number of hydrogen-bond acceptors (Lipinski definition) is 3. The van der Waals surface area contributed by atoms with E-state index in [0.29, 0.717) is 27.7 Å². The van der Waals surface area contributed by atoms with E-state index in [9.17, 15) is 9.59 Å². The number of anilines is 1. The Bertz CT molecular complexity index is 1090. The van der Waals surface area contributed by atoms with Crippen LogP contribution >= 0.6 is 11.6 Å². The standard InChI is InChI=1S/C21H20ClN3O2/c1-13-6-5-7-17(10-13)24(4)20(26)16-8-9-18(22)19(12-16)25-15(3)11-14(2)23-21(25)27/h5-12H,1-4H3. The summed E-state index contributed by atoms with van der Waals surface area (Å²) in [5.41, 5.74) is 3.65. The van der Waals surface area contributed by atoms with E-state index in [2.05, 4.69) is 4.98 Å². The summed E-state index contributed by atoms with van der Waals surface area (Å²) in [6.45, 7) is 5.54. The van der Waals surface area contributed by atoms with E-state index in [0.717, 1.165) is 11.3 Å². The molecule has 0 saturated carbocycles. The summed E-state index contributed by atoms with van der Waals surface area (Å²) in [6, 6.07) is 14.4. The van der Waals surface area contributed by atoms with E-state index in [1.165, 1.54) is 4.57 Å². The summed E-state index contributed by atoms with van der Waals surface area (Å²) in [5, 5.41) is 0.376. The van der Waals surface area contributed by atoms with Crippen molar-refractivity contribution in [3.63, 3.8) is 0 Å². The van der Waals surface area contributed by atoms with Crippen LogP contribution in [-0.2, 0) is 0 Å². The fraction of sp³-hybridized carbons (Fsp3) is 0.190. The lowest BCUT2D eigenvalue weighted by molar-refractivity contribution is 0.0993. The van der Waals surface area contributed by atoms with E-state index in [1.54, 1.807) is 50.1 Å². The number of carbonyl (C=O) groups is 1. The van der Waals surface area contributed by atoms with Crippen LogP contribution in [0.15, 0.2) is 53.3 Å². The molecule has 2 aromatic carbocycles. The van der Waals surface area contributed by atoms with Crippen molar-refractivity contribution in [2.24, 2.45) is 0 Å². The zero-order valence-electron chi connectivity index (χ0n) is 15.7. The summed E-state index contributed by atoms with van der Waals surface area (Å²) in [7, 11) is 1.72. The topological polar surface area (TPSA) is 55.2 Å². The second-order valence-electron chi connectivity index (χ2n) is 6.53. The van der Waals surface area contributed by atoms with Crippen LogP contribution in [0.4, 0.5) is 5.69 Å². The minimum atomic E-state index is -0.425. The van der Waals surface area contributed by atoms with Crippen LogP contribution < -0.4 is 10.6 Å². The van der Waals surface area contributed by atoms with E-state index < -0.39 is 5.69 Å². The van der Waals surface area contributed by atoms with E-state index >= 15 is 0 Å². The van der Waals surface area contributed by atoms with Crippen LogP contribution in [0.2, 0.25) is 5.02 Å². The quantitative estimate of drug-likeness (QED) is 0.686. The molecule has 27 heavy (non-hydrogen) atoms. The highest BCUT2D eigenvalue weighted by Crippen LogP contribution is 2.24. The van der Waals surface area contributed by atoms with Gasteiger partial charge in [-0.15, -0.1) is 0 Å². The zero-order chi connectivity index (χ0) is 19.7. The third-order valence-electron chi connectivity index (χ3n) is 4.36. The van der Waals surface area contributed by atoms with Gasteiger partial charge in [0.05, 0.1) is 10.7 Å². The first-order valence-electron chi connectivity index (χ1n) is 8.50. The van der Waals surface area contributed by atoms with Gasteiger partial charge in [-0.25, -0.2) is 4.79 Å². The molecule has 1 amide bonds. The Morgan fingerprint density at radius 1 is 1.07 bits per heavy atom. The molecule has 3 rings (SSSR count). The molecule has 0 aliphatic rings. The SMILES string of the molecule is Cc1cccc(N(C)C(=O)c2ccc(Cl)c(-n3c(C)cc(C)nc3=O)c2)c1. The van der Waals surface area contributed by atoms with Crippen LogP contribution in [0, 0.1) is 20.8 Å². The number of halogens is 1. The minimum absolute atomic E-state index is 0.190. The van der Waals surface area contributed by atoms with E-state index in [1.807, 2.05) is 31.2 Å². The molecule has 0 saturated heterocycles. The van der Waals surface area contributed by atoms with Crippen LogP contribution in [0.3, 0.4) is 0 Å². The summed E-state index contributed by atoms with van der Waals surface area (Å²) in [4.78, 5) is 30.9. The molecule has 0 bridgehead atoms. The Hall–Kier alpha value is -2.92. The number of benzene rings is 2. The Labute approximate surface area is 162 Å². The van der Waals surface area contributed by atoms with Crippen molar-refractivity contribution in [2.75, 3.05) is 11.9 Å². The molecule has 0 spiro atoms. The molecular formula is C21H20ClN3O2. The van der Waals surface area contributed by atoms with Gasteiger partial charge >= 0.3 is 5.69 Å². The highest BCUT2D eigenvalue weighted by molar-refractivity contribution is 6.32. The molecule has 138 valence electrons. The summed E-state index contributed by atoms with van der Waals surface area (Å²) < 4.78 is 1.42. The van der Waals surface area contributed by atoms with Gasteiger partial charge in [0.2, 0.25) is 0 Å². The number of hydrogen-bond donors (Lipinski definition) is 0. The summed E-state index contributed by atoms with van der Waals surface area (Å²) in [6.07, 6.45) is 0. The molecule has 1 aromatic heterocycles. The summed E-state index contributed by atoms with van der Waals surface area (Å²) >= 11 is 6.32. The fourth-order valence-corrected chi connectivity index (χ4v) is 3.21. The van der Waals surface area contributed by atoms with Crippen LogP contribution in [-0.4, -0.2) is 22.5 Å². The number of rotatable bonds is 3. The van der Waals surface area contributed by atoms with Crippen LogP contribution in [0.1, 0.15) is 27.3 Å². The molecule has 0 N–H and O–H groups in total. The first-order chi connectivity index (χ1) is 12.8. The zero-order valence-corrected chi connectivity index (χ0v) is 16.4. The molecule has 0 fully saturated rings. The molecule has 0 aliphatic heterocycles. The Morgan fingerprint density at radius 2 is 1.81 bits per heavy atom. The third kappa shape index (κ3) is 3.78. The smallest absolute Gasteiger partial charge is 0.311 e.